The van der Waals surface area contributed by atoms with Crippen LogP contribution in [0.25, 0.3) is 0 Å². The van der Waals surface area contributed by atoms with Crippen molar-refractivity contribution in [3.8, 4) is 5.75 Å². The molecule has 22 heavy (non-hydrogen) atoms. The van der Waals surface area contributed by atoms with Crippen molar-refractivity contribution in [3.63, 3.8) is 0 Å². The molecule has 0 aromatic heterocycles. The highest BCUT2D eigenvalue weighted by atomic mass is 16.5. The molecule has 1 heterocycles. The Hall–Kier alpha value is -1.75. The summed E-state index contributed by atoms with van der Waals surface area (Å²) in [5, 5.41) is 0. The SMILES string of the molecule is CC(C)OC(=O)c1ccc(OCCN2CCCCC2)c(N)c1. The van der Waals surface area contributed by atoms with E-state index in [0.29, 0.717) is 23.6 Å². The zero-order valence-corrected chi connectivity index (χ0v) is 13.5. The second-order valence-corrected chi connectivity index (χ2v) is 5.96. The molecule has 0 bridgehead atoms. The van der Waals surface area contributed by atoms with Gasteiger partial charge in [-0.25, -0.2) is 4.79 Å². The minimum Gasteiger partial charge on any atom is -0.490 e. The predicted molar refractivity (Wildman–Crippen MR) is 87.2 cm³/mol. The van der Waals surface area contributed by atoms with Gasteiger partial charge in [0.1, 0.15) is 12.4 Å². The van der Waals surface area contributed by atoms with Crippen molar-refractivity contribution in [2.75, 3.05) is 32.0 Å². The van der Waals surface area contributed by atoms with Crippen LogP contribution < -0.4 is 10.5 Å². The molecular formula is C17H26N2O3. The molecule has 0 aliphatic carbocycles. The lowest BCUT2D eigenvalue weighted by Crippen LogP contribution is -2.33. The summed E-state index contributed by atoms with van der Waals surface area (Å²) in [6.07, 6.45) is 3.73. The monoisotopic (exact) mass is 306 g/mol. The summed E-state index contributed by atoms with van der Waals surface area (Å²) in [7, 11) is 0. The minimum absolute atomic E-state index is 0.144. The summed E-state index contributed by atoms with van der Waals surface area (Å²) in [6, 6.07) is 5.04. The lowest BCUT2D eigenvalue weighted by atomic mass is 10.1. The molecule has 0 saturated carbocycles. The highest BCUT2D eigenvalue weighted by molar-refractivity contribution is 5.91. The number of carbonyl (C=O) groups excluding carboxylic acids is 1. The number of hydrogen-bond acceptors (Lipinski definition) is 5. The number of piperidine rings is 1. The van der Waals surface area contributed by atoms with Gasteiger partial charge in [0, 0.05) is 6.54 Å². The number of nitrogens with two attached hydrogens (primary N) is 1. The maximum Gasteiger partial charge on any atom is 0.338 e. The van der Waals surface area contributed by atoms with Crippen LogP contribution in [0.2, 0.25) is 0 Å². The molecule has 5 nitrogen and oxygen atoms in total. The first-order valence-electron chi connectivity index (χ1n) is 8.02. The minimum atomic E-state index is -0.360. The summed E-state index contributed by atoms with van der Waals surface area (Å²) < 4.78 is 10.9. The molecule has 1 saturated heterocycles. The molecule has 1 aliphatic heterocycles. The third kappa shape index (κ3) is 4.91. The molecular weight excluding hydrogens is 280 g/mol. The van der Waals surface area contributed by atoms with Crippen LogP contribution >= 0.6 is 0 Å². The number of benzene rings is 1. The van der Waals surface area contributed by atoms with Crippen LogP contribution in [0.1, 0.15) is 43.5 Å². The number of rotatable bonds is 6. The topological polar surface area (TPSA) is 64.8 Å². The summed E-state index contributed by atoms with van der Waals surface area (Å²) in [6.45, 7) is 7.47. The van der Waals surface area contributed by atoms with Crippen molar-refractivity contribution < 1.29 is 14.3 Å². The zero-order chi connectivity index (χ0) is 15.9. The first kappa shape index (κ1) is 16.6. The van der Waals surface area contributed by atoms with Crippen LogP contribution in [0.15, 0.2) is 18.2 Å². The molecule has 0 amide bonds. The van der Waals surface area contributed by atoms with Gasteiger partial charge in [-0.1, -0.05) is 6.42 Å². The number of ether oxygens (including phenoxy) is 2. The lowest BCUT2D eigenvalue weighted by Gasteiger charge is -2.26. The van der Waals surface area contributed by atoms with Crippen LogP contribution in [0.4, 0.5) is 5.69 Å². The van der Waals surface area contributed by atoms with Crippen LogP contribution in [0, 0.1) is 0 Å². The largest absolute Gasteiger partial charge is 0.490 e. The standard InChI is InChI=1S/C17H26N2O3/c1-13(2)22-17(20)14-6-7-16(15(18)12-14)21-11-10-19-8-4-3-5-9-19/h6-7,12-13H,3-5,8-11,18H2,1-2H3. The van der Waals surface area contributed by atoms with E-state index >= 15 is 0 Å². The molecule has 122 valence electrons. The lowest BCUT2D eigenvalue weighted by molar-refractivity contribution is 0.0378. The predicted octanol–water partition coefficient (Wildman–Crippen LogP) is 2.70. The van der Waals surface area contributed by atoms with Crippen molar-refractivity contribution >= 4 is 11.7 Å². The number of hydrogen-bond donors (Lipinski definition) is 1. The zero-order valence-electron chi connectivity index (χ0n) is 13.5. The third-order valence-electron chi connectivity index (χ3n) is 3.70. The normalized spacial score (nSPS) is 15.8. The Morgan fingerprint density at radius 2 is 2.00 bits per heavy atom. The first-order chi connectivity index (χ1) is 10.6. The summed E-state index contributed by atoms with van der Waals surface area (Å²) in [5.74, 6) is 0.264. The van der Waals surface area contributed by atoms with Gasteiger partial charge < -0.3 is 15.2 Å². The average Bonchev–Trinajstić information content (AvgIpc) is 2.49. The Morgan fingerprint density at radius 3 is 2.64 bits per heavy atom. The van der Waals surface area contributed by atoms with Gasteiger partial charge in [0.2, 0.25) is 0 Å². The Kier molecular flexibility index (Phi) is 6.07. The third-order valence-corrected chi connectivity index (χ3v) is 3.70. The van der Waals surface area contributed by atoms with E-state index in [2.05, 4.69) is 4.90 Å². The highest BCUT2D eigenvalue weighted by Crippen LogP contribution is 2.23. The van der Waals surface area contributed by atoms with E-state index in [9.17, 15) is 4.79 Å². The molecule has 2 rings (SSSR count). The number of carbonyl (C=O) groups is 1. The number of likely N-dealkylation sites (tertiary alicyclic amines) is 1. The molecule has 2 N–H and O–H groups in total. The Balaban J connectivity index is 1.85. The fourth-order valence-electron chi connectivity index (χ4n) is 2.56. The second-order valence-electron chi connectivity index (χ2n) is 5.96. The number of anilines is 1. The second kappa shape index (κ2) is 8.03. The van der Waals surface area contributed by atoms with E-state index in [1.54, 1.807) is 18.2 Å². The Morgan fingerprint density at radius 1 is 1.27 bits per heavy atom. The van der Waals surface area contributed by atoms with Crippen molar-refractivity contribution in [2.24, 2.45) is 0 Å². The number of nitrogen functional groups attached to an aromatic ring is 1. The quantitative estimate of drug-likeness (QED) is 0.646. The van der Waals surface area contributed by atoms with Crippen molar-refractivity contribution in [1.29, 1.82) is 0 Å². The van der Waals surface area contributed by atoms with Gasteiger partial charge in [0.15, 0.2) is 0 Å². The molecule has 5 heteroatoms. The molecule has 0 unspecified atom stereocenters. The van der Waals surface area contributed by atoms with Crippen molar-refractivity contribution in [2.45, 2.75) is 39.2 Å². The van der Waals surface area contributed by atoms with Crippen LogP contribution in [0.5, 0.6) is 5.75 Å². The molecule has 0 spiro atoms. The van der Waals surface area contributed by atoms with Gasteiger partial charge in [-0.15, -0.1) is 0 Å². The van der Waals surface area contributed by atoms with Crippen LogP contribution in [0.3, 0.4) is 0 Å². The summed E-state index contributed by atoms with van der Waals surface area (Å²) in [4.78, 5) is 14.2. The Labute approximate surface area is 132 Å². The highest BCUT2D eigenvalue weighted by Gasteiger charge is 2.13. The van der Waals surface area contributed by atoms with E-state index in [1.807, 2.05) is 13.8 Å². The summed E-state index contributed by atoms with van der Waals surface area (Å²) >= 11 is 0. The molecule has 1 aromatic carbocycles. The molecule has 0 atom stereocenters. The fraction of sp³-hybridized carbons (Fsp3) is 0.588. The van der Waals surface area contributed by atoms with Crippen LogP contribution in [-0.2, 0) is 4.74 Å². The molecule has 1 aromatic rings. The number of nitrogens with zero attached hydrogens (tertiary/aromatic N) is 1. The van der Waals surface area contributed by atoms with E-state index < -0.39 is 0 Å². The van der Waals surface area contributed by atoms with Gasteiger partial charge in [0.25, 0.3) is 0 Å². The van der Waals surface area contributed by atoms with Crippen molar-refractivity contribution in [1.82, 2.24) is 4.90 Å². The molecule has 1 aliphatic rings. The fourth-order valence-corrected chi connectivity index (χ4v) is 2.56. The summed E-state index contributed by atoms with van der Waals surface area (Å²) in [5.41, 5.74) is 6.89. The van der Waals surface area contributed by atoms with Crippen molar-refractivity contribution in [3.05, 3.63) is 23.8 Å². The van der Waals surface area contributed by atoms with E-state index in [4.69, 9.17) is 15.2 Å². The van der Waals surface area contributed by atoms with Crippen LogP contribution in [-0.4, -0.2) is 43.2 Å². The molecule has 0 radical (unpaired) electrons. The van der Waals surface area contributed by atoms with Gasteiger partial charge >= 0.3 is 5.97 Å². The molecule has 1 fully saturated rings. The number of esters is 1. The van der Waals surface area contributed by atoms with E-state index in [1.165, 1.54) is 19.3 Å². The van der Waals surface area contributed by atoms with Gasteiger partial charge in [0.05, 0.1) is 17.4 Å². The maximum atomic E-state index is 11.8. The van der Waals surface area contributed by atoms with Gasteiger partial charge in [-0.05, 0) is 58.0 Å². The van der Waals surface area contributed by atoms with E-state index in [-0.39, 0.29) is 12.1 Å². The van der Waals surface area contributed by atoms with Gasteiger partial charge in [-0.2, -0.15) is 0 Å². The maximum absolute atomic E-state index is 11.8. The van der Waals surface area contributed by atoms with Gasteiger partial charge in [-0.3, -0.25) is 4.90 Å². The Bertz CT molecular complexity index is 497. The first-order valence-corrected chi connectivity index (χ1v) is 8.02. The average molecular weight is 306 g/mol. The smallest absolute Gasteiger partial charge is 0.338 e. The van der Waals surface area contributed by atoms with E-state index in [0.717, 1.165) is 19.6 Å².